The lowest BCUT2D eigenvalue weighted by Gasteiger charge is -2.21. The zero-order chi connectivity index (χ0) is 16.4. The summed E-state index contributed by atoms with van der Waals surface area (Å²) in [4.78, 5) is 37.2. The van der Waals surface area contributed by atoms with Crippen LogP contribution in [0.1, 0.15) is 41.0 Å². The molecule has 0 bridgehead atoms. The van der Waals surface area contributed by atoms with Crippen molar-refractivity contribution in [1.29, 1.82) is 0 Å². The molecule has 0 fully saturated rings. The van der Waals surface area contributed by atoms with Crippen LogP contribution in [0.4, 0.5) is 0 Å². The van der Waals surface area contributed by atoms with Crippen molar-refractivity contribution >= 4 is 0 Å². The summed E-state index contributed by atoms with van der Waals surface area (Å²) in [6.07, 6.45) is 0.649. The van der Waals surface area contributed by atoms with Gasteiger partial charge in [-0.25, -0.2) is 28.1 Å². The molecule has 21 heavy (non-hydrogen) atoms. The van der Waals surface area contributed by atoms with E-state index in [9.17, 15) is 14.4 Å². The van der Waals surface area contributed by atoms with Crippen molar-refractivity contribution in [3.63, 3.8) is 0 Å². The number of rotatable bonds is 5. The van der Waals surface area contributed by atoms with Crippen LogP contribution in [0.2, 0.25) is 0 Å². The number of nitrogens with zero attached hydrogens (tertiary/aromatic N) is 3. The van der Waals surface area contributed by atoms with E-state index in [4.69, 9.17) is 0 Å². The van der Waals surface area contributed by atoms with Crippen LogP contribution in [0, 0.1) is 5.41 Å². The number of aromatic nitrogens is 3. The van der Waals surface area contributed by atoms with Crippen LogP contribution in [0.3, 0.4) is 0 Å². The lowest BCUT2D eigenvalue weighted by atomic mass is 9.97. The molecule has 0 N–H and O–H groups in total. The van der Waals surface area contributed by atoms with Gasteiger partial charge in [-0.05, 0) is 18.8 Å². The topological polar surface area (TPSA) is 66.0 Å². The highest BCUT2D eigenvalue weighted by molar-refractivity contribution is 4.91. The molecule has 0 unspecified atom stereocenters. The van der Waals surface area contributed by atoms with Gasteiger partial charge in [-0.2, -0.15) is 0 Å². The van der Waals surface area contributed by atoms with Crippen LogP contribution < -0.4 is 17.1 Å². The largest absolute Gasteiger partial charge is 0.336 e. The van der Waals surface area contributed by atoms with Gasteiger partial charge in [-0.3, -0.25) is 0 Å². The van der Waals surface area contributed by atoms with E-state index in [1.807, 2.05) is 27.7 Å². The van der Waals surface area contributed by atoms with Crippen LogP contribution >= 0.6 is 0 Å². The van der Waals surface area contributed by atoms with Crippen LogP contribution in [0.5, 0.6) is 0 Å². The summed E-state index contributed by atoms with van der Waals surface area (Å²) < 4.78 is 3.38. The van der Waals surface area contributed by atoms with E-state index < -0.39 is 17.1 Å². The Hall–Kier alpha value is -1.85. The van der Waals surface area contributed by atoms with Crippen molar-refractivity contribution in [1.82, 2.24) is 13.7 Å². The van der Waals surface area contributed by atoms with Crippen LogP contribution in [0.25, 0.3) is 0 Å². The molecule has 1 rings (SSSR count). The Morgan fingerprint density at radius 3 is 1.90 bits per heavy atom. The van der Waals surface area contributed by atoms with Crippen molar-refractivity contribution in [2.75, 3.05) is 0 Å². The lowest BCUT2D eigenvalue weighted by Crippen LogP contribution is -2.55. The van der Waals surface area contributed by atoms with E-state index >= 15 is 0 Å². The van der Waals surface area contributed by atoms with E-state index in [-0.39, 0.29) is 18.5 Å². The third-order valence-corrected chi connectivity index (χ3v) is 2.89. The maximum atomic E-state index is 12.5. The molecule has 1 heterocycles. The zero-order valence-electron chi connectivity index (χ0n) is 13.6. The van der Waals surface area contributed by atoms with Crippen molar-refractivity contribution in [2.45, 2.75) is 60.7 Å². The second-order valence-corrected chi connectivity index (χ2v) is 6.69. The van der Waals surface area contributed by atoms with Gasteiger partial charge in [0.2, 0.25) is 0 Å². The van der Waals surface area contributed by atoms with Gasteiger partial charge < -0.3 is 0 Å². The fourth-order valence-electron chi connectivity index (χ4n) is 2.11. The molecular formula is C15H25N3O3. The average Bonchev–Trinajstić information content (AvgIpc) is 2.34. The smallest absolute Gasteiger partial charge is 0.247 e. The van der Waals surface area contributed by atoms with Crippen molar-refractivity contribution < 1.29 is 0 Å². The molecule has 0 aliphatic carbocycles. The Kier molecular flexibility index (Phi) is 5.15. The molecule has 6 nitrogen and oxygen atoms in total. The molecule has 0 saturated heterocycles. The van der Waals surface area contributed by atoms with E-state index in [1.165, 1.54) is 0 Å². The molecule has 0 amide bonds. The van der Waals surface area contributed by atoms with Crippen LogP contribution in [0.15, 0.2) is 26.5 Å². The Labute approximate surface area is 124 Å². The van der Waals surface area contributed by atoms with Crippen LogP contribution in [-0.2, 0) is 19.6 Å². The molecule has 0 aliphatic rings. The molecule has 0 saturated carbocycles. The Balaban J connectivity index is 3.68. The first kappa shape index (κ1) is 17.2. The fraction of sp³-hybridized carbons (Fsp3) is 0.667. The van der Waals surface area contributed by atoms with E-state index in [2.05, 4.69) is 6.58 Å². The Morgan fingerprint density at radius 2 is 1.48 bits per heavy atom. The van der Waals surface area contributed by atoms with Crippen LogP contribution in [-0.4, -0.2) is 13.7 Å². The van der Waals surface area contributed by atoms with Crippen molar-refractivity contribution in [3.8, 4) is 0 Å². The third-order valence-electron chi connectivity index (χ3n) is 2.89. The summed E-state index contributed by atoms with van der Waals surface area (Å²) in [6, 6.07) is 0. The summed E-state index contributed by atoms with van der Waals surface area (Å²) in [5.41, 5.74) is -1.19. The molecule has 0 aromatic carbocycles. The van der Waals surface area contributed by atoms with Gasteiger partial charge in [0, 0.05) is 13.1 Å². The predicted octanol–water partition coefficient (Wildman–Crippen LogP) is 1.20. The minimum absolute atomic E-state index is 0.131. The fourth-order valence-corrected chi connectivity index (χ4v) is 2.11. The summed E-state index contributed by atoms with van der Waals surface area (Å²) in [7, 11) is 0. The van der Waals surface area contributed by atoms with Gasteiger partial charge in [-0.15, -0.1) is 0 Å². The molecule has 118 valence electrons. The average molecular weight is 295 g/mol. The molecule has 0 aliphatic heterocycles. The first-order valence-electron chi connectivity index (χ1n) is 7.17. The Bertz CT molecular complexity index is 699. The first-order chi connectivity index (χ1) is 9.58. The number of allylic oxidation sites excluding steroid dienone is 1. The molecular weight excluding hydrogens is 270 g/mol. The van der Waals surface area contributed by atoms with Crippen molar-refractivity contribution in [3.05, 3.63) is 43.6 Å². The van der Waals surface area contributed by atoms with Gasteiger partial charge in [0.05, 0.1) is 6.54 Å². The predicted molar refractivity (Wildman–Crippen MR) is 83.8 cm³/mol. The highest BCUT2D eigenvalue weighted by Crippen LogP contribution is 2.13. The molecule has 1 aromatic rings. The van der Waals surface area contributed by atoms with E-state index in [0.717, 1.165) is 13.7 Å². The normalized spacial score (nSPS) is 11.7. The second kappa shape index (κ2) is 6.28. The number of hydrogen-bond donors (Lipinski definition) is 0. The van der Waals surface area contributed by atoms with Crippen molar-refractivity contribution in [2.24, 2.45) is 5.41 Å². The zero-order valence-corrected chi connectivity index (χ0v) is 13.6. The minimum Gasteiger partial charge on any atom is -0.247 e. The monoisotopic (exact) mass is 295 g/mol. The number of hydrogen-bond acceptors (Lipinski definition) is 3. The van der Waals surface area contributed by atoms with Gasteiger partial charge >= 0.3 is 17.1 Å². The quantitative estimate of drug-likeness (QED) is 0.767. The maximum Gasteiger partial charge on any atom is 0.336 e. The second-order valence-electron chi connectivity index (χ2n) is 6.69. The molecule has 0 atom stereocenters. The standard InChI is InChI=1S/C15H25N3O3/c1-7-8-16-12(19)17(9-11(2)3)14(21)18(13(16)20)10-15(4,5)6/h2,7-10H2,1,3-6H3. The molecule has 0 spiro atoms. The Morgan fingerprint density at radius 1 is 1.00 bits per heavy atom. The molecule has 1 aromatic heterocycles. The molecule has 0 radical (unpaired) electrons. The van der Waals surface area contributed by atoms with E-state index in [0.29, 0.717) is 18.5 Å². The van der Waals surface area contributed by atoms with Gasteiger partial charge in [0.1, 0.15) is 0 Å². The minimum atomic E-state index is -0.560. The summed E-state index contributed by atoms with van der Waals surface area (Å²) in [5, 5.41) is 0. The summed E-state index contributed by atoms with van der Waals surface area (Å²) >= 11 is 0. The highest BCUT2D eigenvalue weighted by Gasteiger charge is 2.19. The van der Waals surface area contributed by atoms with Gasteiger partial charge in [-0.1, -0.05) is 39.8 Å². The lowest BCUT2D eigenvalue weighted by molar-refractivity contribution is 0.309. The summed E-state index contributed by atoms with van der Waals surface area (Å²) in [5.74, 6) is 0. The van der Waals surface area contributed by atoms with Gasteiger partial charge in [0.25, 0.3) is 0 Å². The SMILES string of the molecule is C=C(C)Cn1c(=O)n(CCC)c(=O)n(CC(C)(C)C)c1=O. The molecule has 6 heteroatoms. The van der Waals surface area contributed by atoms with Gasteiger partial charge in [0.15, 0.2) is 0 Å². The summed E-state index contributed by atoms with van der Waals surface area (Å²) in [6.45, 7) is 13.9. The van der Waals surface area contributed by atoms with E-state index in [1.54, 1.807) is 6.92 Å². The third kappa shape index (κ3) is 4.06. The highest BCUT2D eigenvalue weighted by atomic mass is 16.2. The first-order valence-corrected chi connectivity index (χ1v) is 7.17. The maximum absolute atomic E-state index is 12.5.